The Morgan fingerprint density at radius 1 is 0.450 bits per heavy atom. The van der Waals surface area contributed by atoms with Crippen LogP contribution in [0.1, 0.15) is 0 Å². The molecular weight excluding hydrogens is 486 g/mol. The molecule has 9 rings (SSSR count). The summed E-state index contributed by atoms with van der Waals surface area (Å²) >= 11 is 0. The highest BCUT2D eigenvalue weighted by molar-refractivity contribution is 6.28. The summed E-state index contributed by atoms with van der Waals surface area (Å²) in [7, 11) is 0. The van der Waals surface area contributed by atoms with E-state index >= 15 is 0 Å². The summed E-state index contributed by atoms with van der Waals surface area (Å²) in [5, 5.41) is 7.45. The summed E-state index contributed by atoms with van der Waals surface area (Å²) in [6, 6.07) is 47.9. The van der Waals surface area contributed by atoms with Crippen LogP contribution in [0.15, 0.2) is 140 Å². The Labute approximate surface area is 230 Å². The summed E-state index contributed by atoms with van der Waals surface area (Å²) in [6.45, 7) is 0. The molecule has 0 N–H and O–H groups in total. The van der Waals surface area contributed by atoms with Crippen LogP contribution in [0.4, 0.5) is 0 Å². The fourth-order valence-corrected chi connectivity index (χ4v) is 6.63. The first-order valence-electron chi connectivity index (χ1n) is 13.7. The third-order valence-electron chi connectivity index (χ3n) is 8.32. The first kappa shape index (κ1) is 21.5. The lowest BCUT2D eigenvalue weighted by atomic mass is 10.0. The fourth-order valence-electron chi connectivity index (χ4n) is 6.63. The minimum Gasteiger partial charge on any atom is -0.309 e. The lowest BCUT2D eigenvalue weighted by Gasteiger charge is -2.14. The normalized spacial score (nSPS) is 12.0. The summed E-state index contributed by atoms with van der Waals surface area (Å²) in [4.78, 5) is 4.95. The molecule has 0 aliphatic heterocycles. The Morgan fingerprint density at radius 3 is 2.00 bits per heavy atom. The molecule has 0 aliphatic carbocycles. The van der Waals surface area contributed by atoms with E-state index in [4.69, 9.17) is 4.98 Å². The van der Waals surface area contributed by atoms with E-state index in [1.165, 1.54) is 59.9 Å². The molecule has 40 heavy (non-hydrogen) atoms. The van der Waals surface area contributed by atoms with Gasteiger partial charge in [-0.3, -0.25) is 4.57 Å². The summed E-state index contributed by atoms with van der Waals surface area (Å²) in [6.07, 6.45) is 1.93. The van der Waals surface area contributed by atoms with Crippen LogP contribution in [0.25, 0.3) is 76.8 Å². The van der Waals surface area contributed by atoms with E-state index in [1.54, 1.807) is 0 Å². The molecule has 0 spiro atoms. The van der Waals surface area contributed by atoms with Crippen molar-refractivity contribution in [2.75, 3.05) is 0 Å². The first-order chi connectivity index (χ1) is 19.9. The van der Waals surface area contributed by atoms with Gasteiger partial charge in [-0.15, -0.1) is 0 Å². The molecule has 3 nitrogen and oxygen atoms in total. The van der Waals surface area contributed by atoms with Gasteiger partial charge < -0.3 is 4.40 Å². The third kappa shape index (κ3) is 2.86. The maximum absolute atomic E-state index is 4.95. The van der Waals surface area contributed by atoms with Crippen LogP contribution in [0.3, 0.4) is 0 Å². The quantitative estimate of drug-likeness (QED) is 0.213. The van der Waals surface area contributed by atoms with E-state index in [0.29, 0.717) is 0 Å². The van der Waals surface area contributed by atoms with Gasteiger partial charge in [-0.05, 0) is 47.5 Å². The maximum atomic E-state index is 4.95. The van der Waals surface area contributed by atoms with Gasteiger partial charge in [0.25, 0.3) is 0 Å². The molecule has 0 saturated carbocycles. The lowest BCUT2D eigenvalue weighted by molar-refractivity contribution is 1.09. The Hall–Kier alpha value is -5.41. The number of aromatic nitrogens is 3. The molecule has 0 atom stereocenters. The zero-order valence-corrected chi connectivity index (χ0v) is 21.6. The van der Waals surface area contributed by atoms with Gasteiger partial charge in [0.2, 0.25) is 0 Å². The topological polar surface area (TPSA) is 22.2 Å². The predicted octanol–water partition coefficient (Wildman–Crippen LogP) is 9.56. The molecule has 0 unspecified atom stereocenters. The van der Waals surface area contributed by atoms with Crippen LogP contribution >= 0.6 is 0 Å². The highest BCUT2D eigenvalue weighted by Crippen LogP contribution is 2.42. The second-order valence-electron chi connectivity index (χ2n) is 10.4. The number of rotatable bonds is 2. The van der Waals surface area contributed by atoms with Crippen LogP contribution in [0, 0.1) is 0 Å². The molecule has 0 aliphatic rings. The van der Waals surface area contributed by atoms with Gasteiger partial charge in [0.1, 0.15) is 5.82 Å². The second kappa shape index (κ2) is 8.05. The average Bonchev–Trinajstić information content (AvgIpc) is 3.58. The molecule has 4 heterocycles. The van der Waals surface area contributed by atoms with Crippen molar-refractivity contribution in [1.82, 2.24) is 14.0 Å². The van der Waals surface area contributed by atoms with Gasteiger partial charge in [-0.25, -0.2) is 4.98 Å². The van der Waals surface area contributed by atoms with E-state index in [9.17, 15) is 0 Å². The van der Waals surface area contributed by atoms with Crippen molar-refractivity contribution in [3.05, 3.63) is 140 Å². The number of benzene rings is 5. The van der Waals surface area contributed by atoms with Crippen molar-refractivity contribution in [3.8, 4) is 16.9 Å². The summed E-state index contributed by atoms with van der Waals surface area (Å²) in [5.41, 5.74) is 8.35. The van der Waals surface area contributed by atoms with Gasteiger partial charge in [0.15, 0.2) is 0 Å². The molecule has 5 aromatic carbocycles. The van der Waals surface area contributed by atoms with Crippen molar-refractivity contribution in [2.24, 2.45) is 0 Å². The highest BCUT2D eigenvalue weighted by Gasteiger charge is 2.20. The number of pyridine rings is 2. The Balaban J connectivity index is 1.51. The molecule has 3 heteroatoms. The number of para-hydroxylation sites is 3. The SMILES string of the molecule is c1ccc(-c2ccnc(-n3c4ccccc4c4ccc5c(c6ccccc6n6c7ccccc7cc56)c43)c2)cc1. The van der Waals surface area contributed by atoms with Crippen molar-refractivity contribution in [3.63, 3.8) is 0 Å². The predicted molar refractivity (Wildman–Crippen MR) is 167 cm³/mol. The Kier molecular flexibility index (Phi) is 4.33. The first-order valence-corrected chi connectivity index (χ1v) is 13.7. The van der Waals surface area contributed by atoms with Crippen molar-refractivity contribution in [1.29, 1.82) is 0 Å². The Morgan fingerprint density at radius 2 is 1.12 bits per heavy atom. The molecule has 186 valence electrons. The van der Waals surface area contributed by atoms with Crippen molar-refractivity contribution >= 4 is 59.9 Å². The van der Waals surface area contributed by atoms with Gasteiger partial charge >= 0.3 is 0 Å². The lowest BCUT2D eigenvalue weighted by Crippen LogP contribution is -1.99. The zero-order chi connectivity index (χ0) is 26.2. The maximum Gasteiger partial charge on any atom is 0.138 e. The standard InChI is InChI=1S/C37H23N3/c1-2-10-24(11-3-1)25-20-21-38-35(23-25)40-32-16-8-5-13-27(32)28-18-19-30-34-22-26-12-4-7-15-31(26)39(34)33-17-9-6-14-29(33)36(30)37(28)40/h1-23H. The molecule has 0 amide bonds. The van der Waals surface area contributed by atoms with Crippen LogP contribution in [0.2, 0.25) is 0 Å². The molecule has 0 fully saturated rings. The molecular formula is C37H23N3. The van der Waals surface area contributed by atoms with E-state index in [-0.39, 0.29) is 0 Å². The van der Waals surface area contributed by atoms with Crippen LogP contribution in [-0.2, 0) is 0 Å². The van der Waals surface area contributed by atoms with Crippen molar-refractivity contribution in [2.45, 2.75) is 0 Å². The molecule has 0 bridgehead atoms. The minimum absolute atomic E-state index is 0.921. The van der Waals surface area contributed by atoms with Gasteiger partial charge in [0.05, 0.1) is 27.6 Å². The van der Waals surface area contributed by atoms with Gasteiger partial charge in [-0.2, -0.15) is 0 Å². The second-order valence-corrected chi connectivity index (χ2v) is 10.4. The van der Waals surface area contributed by atoms with Crippen LogP contribution < -0.4 is 0 Å². The molecule has 9 aromatic rings. The molecule has 0 saturated heterocycles. The molecule has 4 aromatic heterocycles. The van der Waals surface area contributed by atoms with Crippen LogP contribution in [-0.4, -0.2) is 14.0 Å². The monoisotopic (exact) mass is 509 g/mol. The zero-order valence-electron chi connectivity index (χ0n) is 21.6. The van der Waals surface area contributed by atoms with E-state index in [2.05, 4.69) is 142 Å². The number of nitrogens with zero attached hydrogens (tertiary/aromatic N) is 3. The summed E-state index contributed by atoms with van der Waals surface area (Å²) in [5.74, 6) is 0.921. The van der Waals surface area contributed by atoms with Crippen molar-refractivity contribution < 1.29 is 0 Å². The fraction of sp³-hybridized carbons (Fsp3) is 0. The number of hydrogen-bond acceptors (Lipinski definition) is 1. The van der Waals surface area contributed by atoms with E-state index in [0.717, 1.165) is 16.9 Å². The smallest absolute Gasteiger partial charge is 0.138 e. The van der Waals surface area contributed by atoms with E-state index in [1.807, 2.05) is 6.20 Å². The third-order valence-corrected chi connectivity index (χ3v) is 8.32. The van der Waals surface area contributed by atoms with Gasteiger partial charge in [-0.1, -0.05) is 97.1 Å². The largest absolute Gasteiger partial charge is 0.309 e. The Bertz CT molecular complexity index is 2430. The highest BCUT2D eigenvalue weighted by atomic mass is 15.1. The van der Waals surface area contributed by atoms with E-state index < -0.39 is 0 Å². The number of hydrogen-bond donors (Lipinski definition) is 0. The average molecular weight is 510 g/mol. The van der Waals surface area contributed by atoms with Gasteiger partial charge in [0, 0.05) is 38.5 Å². The minimum atomic E-state index is 0.921. The molecule has 0 radical (unpaired) electrons. The van der Waals surface area contributed by atoms with Crippen LogP contribution in [0.5, 0.6) is 0 Å². The summed E-state index contributed by atoms with van der Waals surface area (Å²) < 4.78 is 4.78. The number of fused-ring (bicyclic) bond motifs is 12.